The summed E-state index contributed by atoms with van der Waals surface area (Å²) in [6.45, 7) is 11.4. The van der Waals surface area contributed by atoms with Gasteiger partial charge in [0.25, 0.3) is 0 Å². The molecule has 0 radical (unpaired) electrons. The topological polar surface area (TPSA) is 20.3 Å². The summed E-state index contributed by atoms with van der Waals surface area (Å²) in [5, 5.41) is 0. The zero-order chi connectivity index (χ0) is 10.5. The largest absolute Gasteiger partial charge is 0.335 e. The number of hydrogen-bond acceptors (Lipinski definition) is 1. The van der Waals surface area contributed by atoms with Crippen molar-refractivity contribution in [3.05, 3.63) is 12.2 Å². The predicted octanol–water partition coefficient (Wildman–Crippen LogP) is 2.46. The van der Waals surface area contributed by atoms with Crippen LogP contribution < -0.4 is 0 Å². The van der Waals surface area contributed by atoms with E-state index in [4.69, 9.17) is 0 Å². The van der Waals surface area contributed by atoms with Gasteiger partial charge in [0.1, 0.15) is 0 Å². The molecule has 0 saturated carbocycles. The Labute approximate surface area is 81.6 Å². The summed E-state index contributed by atoms with van der Waals surface area (Å²) < 4.78 is 0. The van der Waals surface area contributed by atoms with Gasteiger partial charge in [0.2, 0.25) is 5.91 Å². The summed E-state index contributed by atoms with van der Waals surface area (Å²) in [4.78, 5) is 13.4. The molecule has 0 aromatic carbocycles. The van der Waals surface area contributed by atoms with Crippen LogP contribution in [0, 0.1) is 5.41 Å². The average molecular weight is 183 g/mol. The molecule has 0 bridgehead atoms. The van der Waals surface area contributed by atoms with E-state index in [1.54, 1.807) is 0 Å². The monoisotopic (exact) mass is 183 g/mol. The molecule has 13 heavy (non-hydrogen) atoms. The van der Waals surface area contributed by atoms with Crippen LogP contribution >= 0.6 is 0 Å². The lowest BCUT2D eigenvalue weighted by atomic mass is 9.95. The van der Waals surface area contributed by atoms with E-state index >= 15 is 0 Å². The van der Waals surface area contributed by atoms with Gasteiger partial charge in [0.05, 0.1) is 0 Å². The molecular formula is C11H21NO. The molecular weight excluding hydrogens is 162 g/mol. The van der Waals surface area contributed by atoms with Crippen LogP contribution in [-0.2, 0) is 4.79 Å². The standard InChI is InChI=1S/C9H15NO.C2H6/c1-9(2,3)8(11)10-6-4-5-7-10;1-2/h4-5H,6-7H2,1-3H3;1-2H3. The minimum absolute atomic E-state index is 0.230. The highest BCUT2D eigenvalue weighted by molar-refractivity contribution is 5.82. The molecule has 2 heteroatoms. The number of amides is 1. The Kier molecular flexibility index (Phi) is 4.74. The van der Waals surface area contributed by atoms with Crippen molar-refractivity contribution in [2.75, 3.05) is 13.1 Å². The minimum atomic E-state index is -0.230. The molecule has 0 spiro atoms. The highest BCUT2D eigenvalue weighted by atomic mass is 16.2. The summed E-state index contributed by atoms with van der Waals surface area (Å²) >= 11 is 0. The molecule has 2 nitrogen and oxygen atoms in total. The molecule has 76 valence electrons. The van der Waals surface area contributed by atoms with E-state index in [9.17, 15) is 4.79 Å². The van der Waals surface area contributed by atoms with Gasteiger partial charge in [0, 0.05) is 18.5 Å². The van der Waals surface area contributed by atoms with E-state index in [0.717, 1.165) is 13.1 Å². The molecule has 1 aliphatic rings. The Hall–Kier alpha value is -0.790. The second kappa shape index (κ2) is 5.05. The fourth-order valence-corrected chi connectivity index (χ4v) is 1.12. The average Bonchev–Trinajstić information content (AvgIpc) is 2.57. The third-order valence-electron chi connectivity index (χ3n) is 1.75. The quantitative estimate of drug-likeness (QED) is 0.528. The van der Waals surface area contributed by atoms with Crippen LogP contribution in [0.15, 0.2) is 12.2 Å². The van der Waals surface area contributed by atoms with Crippen LogP contribution in [0.25, 0.3) is 0 Å². The smallest absolute Gasteiger partial charge is 0.228 e. The summed E-state index contributed by atoms with van der Waals surface area (Å²) in [5.74, 6) is 0.238. The first-order valence-corrected chi connectivity index (χ1v) is 4.96. The van der Waals surface area contributed by atoms with Crippen molar-refractivity contribution in [1.82, 2.24) is 4.90 Å². The van der Waals surface area contributed by atoms with E-state index < -0.39 is 0 Å². The molecule has 0 aromatic heterocycles. The van der Waals surface area contributed by atoms with Crippen LogP contribution in [0.2, 0.25) is 0 Å². The van der Waals surface area contributed by atoms with Crippen molar-refractivity contribution in [3.63, 3.8) is 0 Å². The lowest BCUT2D eigenvalue weighted by Gasteiger charge is -2.25. The van der Waals surface area contributed by atoms with Crippen molar-refractivity contribution >= 4 is 5.91 Å². The first kappa shape index (κ1) is 12.2. The van der Waals surface area contributed by atoms with E-state index in [1.807, 2.05) is 51.7 Å². The molecule has 0 unspecified atom stereocenters. The van der Waals surface area contributed by atoms with Crippen LogP contribution in [0.4, 0.5) is 0 Å². The third-order valence-corrected chi connectivity index (χ3v) is 1.75. The third kappa shape index (κ3) is 3.62. The zero-order valence-electron chi connectivity index (χ0n) is 9.42. The van der Waals surface area contributed by atoms with Crippen molar-refractivity contribution < 1.29 is 4.79 Å². The number of carbonyl (C=O) groups excluding carboxylic acids is 1. The van der Waals surface area contributed by atoms with E-state index in [-0.39, 0.29) is 11.3 Å². The second-order valence-corrected chi connectivity index (χ2v) is 3.93. The van der Waals surface area contributed by atoms with E-state index in [2.05, 4.69) is 0 Å². The lowest BCUT2D eigenvalue weighted by molar-refractivity contribution is -0.137. The number of hydrogen-bond donors (Lipinski definition) is 0. The van der Waals surface area contributed by atoms with E-state index in [0.29, 0.717) is 0 Å². The van der Waals surface area contributed by atoms with E-state index in [1.165, 1.54) is 0 Å². The molecule has 0 saturated heterocycles. The Balaban J connectivity index is 0.000000671. The fraction of sp³-hybridized carbons (Fsp3) is 0.727. The van der Waals surface area contributed by atoms with Crippen molar-refractivity contribution in [3.8, 4) is 0 Å². The minimum Gasteiger partial charge on any atom is -0.335 e. The van der Waals surface area contributed by atoms with Crippen LogP contribution in [0.5, 0.6) is 0 Å². The SMILES string of the molecule is CC.CC(C)(C)C(=O)N1CC=CC1. The van der Waals surface area contributed by atoms with Gasteiger partial charge in [-0.3, -0.25) is 4.79 Å². The number of rotatable bonds is 0. The molecule has 1 aliphatic heterocycles. The van der Waals surface area contributed by atoms with Gasteiger partial charge in [0.15, 0.2) is 0 Å². The van der Waals surface area contributed by atoms with Gasteiger partial charge >= 0.3 is 0 Å². The van der Waals surface area contributed by atoms with Crippen molar-refractivity contribution in [1.29, 1.82) is 0 Å². The molecule has 1 heterocycles. The fourth-order valence-electron chi connectivity index (χ4n) is 1.12. The Morgan fingerprint density at radius 3 is 1.85 bits per heavy atom. The van der Waals surface area contributed by atoms with Gasteiger partial charge in [-0.2, -0.15) is 0 Å². The maximum Gasteiger partial charge on any atom is 0.228 e. The maximum absolute atomic E-state index is 11.6. The first-order chi connectivity index (χ1) is 6.02. The van der Waals surface area contributed by atoms with Crippen molar-refractivity contribution in [2.45, 2.75) is 34.6 Å². The number of carbonyl (C=O) groups is 1. The molecule has 0 atom stereocenters. The molecule has 0 aliphatic carbocycles. The molecule has 1 amide bonds. The molecule has 0 fully saturated rings. The highest BCUT2D eigenvalue weighted by Gasteiger charge is 2.26. The highest BCUT2D eigenvalue weighted by Crippen LogP contribution is 2.18. The molecule has 1 rings (SSSR count). The summed E-state index contributed by atoms with van der Waals surface area (Å²) in [6, 6.07) is 0. The van der Waals surface area contributed by atoms with Crippen LogP contribution in [-0.4, -0.2) is 23.9 Å². The summed E-state index contributed by atoms with van der Waals surface area (Å²) in [5.41, 5.74) is -0.230. The van der Waals surface area contributed by atoms with Crippen molar-refractivity contribution in [2.24, 2.45) is 5.41 Å². The summed E-state index contributed by atoms with van der Waals surface area (Å²) in [7, 11) is 0. The van der Waals surface area contributed by atoms with Gasteiger partial charge in [-0.15, -0.1) is 0 Å². The number of nitrogens with zero attached hydrogens (tertiary/aromatic N) is 1. The van der Waals surface area contributed by atoms with Gasteiger partial charge < -0.3 is 4.90 Å². The van der Waals surface area contributed by atoms with Gasteiger partial charge in [-0.05, 0) is 0 Å². The molecule has 0 N–H and O–H groups in total. The van der Waals surface area contributed by atoms with Gasteiger partial charge in [-0.25, -0.2) is 0 Å². The second-order valence-electron chi connectivity index (χ2n) is 3.93. The Bertz CT molecular complexity index is 181. The Morgan fingerprint density at radius 1 is 1.15 bits per heavy atom. The lowest BCUT2D eigenvalue weighted by Crippen LogP contribution is -2.37. The Morgan fingerprint density at radius 2 is 1.54 bits per heavy atom. The normalized spacial score (nSPS) is 15.3. The van der Waals surface area contributed by atoms with Crippen LogP contribution in [0.1, 0.15) is 34.6 Å². The zero-order valence-corrected chi connectivity index (χ0v) is 9.42. The first-order valence-electron chi connectivity index (χ1n) is 4.96. The van der Waals surface area contributed by atoms with Gasteiger partial charge in [-0.1, -0.05) is 46.8 Å². The summed E-state index contributed by atoms with van der Waals surface area (Å²) in [6.07, 6.45) is 4.06. The predicted molar refractivity (Wildman–Crippen MR) is 56.5 cm³/mol. The maximum atomic E-state index is 11.6. The van der Waals surface area contributed by atoms with Crippen LogP contribution in [0.3, 0.4) is 0 Å². The molecule has 0 aromatic rings.